The van der Waals surface area contributed by atoms with Gasteiger partial charge in [0.2, 0.25) is 0 Å². The van der Waals surface area contributed by atoms with Crippen molar-refractivity contribution >= 4 is 44.1 Å². The fraction of sp³-hybridized carbons (Fsp3) is 0.111. The number of rotatable bonds is 6. The molecule has 0 N–H and O–H groups in total. The number of carbonyl (C=O) groups excluding carboxylic acids is 1. The van der Waals surface area contributed by atoms with Crippen LogP contribution in [0, 0.1) is 11.3 Å². The molecule has 0 heterocycles. The third-order valence-electron chi connectivity index (χ3n) is 5.55. The van der Waals surface area contributed by atoms with Gasteiger partial charge in [-0.1, -0.05) is 88.2 Å². The van der Waals surface area contributed by atoms with Crippen LogP contribution in [0.25, 0.3) is 10.8 Å². The molecule has 2 nitrogen and oxygen atoms in total. The molecular formula is C27H19BrClNO. The maximum atomic E-state index is 13.3. The van der Waals surface area contributed by atoms with Crippen molar-refractivity contribution in [3.8, 4) is 6.07 Å². The number of benzene rings is 4. The molecule has 0 spiro atoms. The topological polar surface area (TPSA) is 40.9 Å². The van der Waals surface area contributed by atoms with E-state index in [1.165, 1.54) is 0 Å². The summed E-state index contributed by atoms with van der Waals surface area (Å²) in [5, 5.41) is 12.8. The number of nitrogens with zero attached hydrogens (tertiary/aromatic N) is 1. The van der Waals surface area contributed by atoms with Crippen LogP contribution in [0.4, 0.5) is 0 Å². The maximum absolute atomic E-state index is 13.3. The van der Waals surface area contributed by atoms with Gasteiger partial charge < -0.3 is 0 Å². The predicted molar refractivity (Wildman–Crippen MR) is 130 cm³/mol. The van der Waals surface area contributed by atoms with Gasteiger partial charge in [-0.05, 0) is 52.2 Å². The molecule has 4 rings (SSSR count). The quantitative estimate of drug-likeness (QED) is 0.259. The van der Waals surface area contributed by atoms with E-state index >= 15 is 0 Å². The molecule has 0 aromatic heterocycles. The highest BCUT2D eigenvalue weighted by molar-refractivity contribution is 9.10. The lowest BCUT2D eigenvalue weighted by Crippen LogP contribution is -2.15. The predicted octanol–water partition coefficient (Wildman–Crippen LogP) is 7.92. The first kappa shape index (κ1) is 21.3. The number of halogens is 2. The average Bonchev–Trinajstić information content (AvgIpc) is 2.80. The Labute approximate surface area is 195 Å². The number of Topliss-reactive ketones (excluding diaryl/α,β-unsaturated/α-hetero) is 1. The van der Waals surface area contributed by atoms with E-state index in [-0.39, 0.29) is 18.1 Å². The summed E-state index contributed by atoms with van der Waals surface area (Å²) >= 11 is 9.51. The van der Waals surface area contributed by atoms with Crippen LogP contribution < -0.4 is 0 Å². The molecule has 0 aliphatic carbocycles. The van der Waals surface area contributed by atoms with E-state index in [0.29, 0.717) is 10.6 Å². The van der Waals surface area contributed by atoms with Crippen LogP contribution in [0.5, 0.6) is 0 Å². The number of carbonyl (C=O) groups is 1. The fourth-order valence-corrected chi connectivity index (χ4v) is 4.28. The van der Waals surface area contributed by atoms with E-state index in [0.717, 1.165) is 26.4 Å². The van der Waals surface area contributed by atoms with Crippen molar-refractivity contribution in [3.05, 3.63) is 117 Å². The third kappa shape index (κ3) is 4.88. The van der Waals surface area contributed by atoms with Gasteiger partial charge in [0.1, 0.15) is 0 Å². The molecule has 2 atom stereocenters. The highest BCUT2D eigenvalue weighted by Gasteiger charge is 2.28. The maximum Gasteiger partial charge on any atom is 0.163 e. The van der Waals surface area contributed by atoms with E-state index in [1.807, 2.05) is 78.9 Å². The Morgan fingerprint density at radius 3 is 2.19 bits per heavy atom. The molecular weight excluding hydrogens is 470 g/mol. The summed E-state index contributed by atoms with van der Waals surface area (Å²) in [6, 6.07) is 31.3. The Morgan fingerprint density at radius 1 is 0.871 bits per heavy atom. The first-order valence-corrected chi connectivity index (χ1v) is 11.1. The van der Waals surface area contributed by atoms with Crippen LogP contribution in [-0.2, 0) is 0 Å². The normalized spacial score (nSPS) is 12.8. The molecule has 4 aromatic carbocycles. The Morgan fingerprint density at radius 2 is 1.52 bits per heavy atom. The molecule has 31 heavy (non-hydrogen) atoms. The first-order valence-electron chi connectivity index (χ1n) is 9.97. The zero-order valence-corrected chi connectivity index (χ0v) is 19.0. The Balaban J connectivity index is 1.71. The van der Waals surface area contributed by atoms with Crippen molar-refractivity contribution in [1.29, 1.82) is 5.26 Å². The molecule has 0 saturated carbocycles. The minimum atomic E-state index is -0.470. The highest BCUT2D eigenvalue weighted by Crippen LogP contribution is 2.37. The monoisotopic (exact) mass is 487 g/mol. The zero-order chi connectivity index (χ0) is 21.8. The van der Waals surface area contributed by atoms with Gasteiger partial charge in [-0.3, -0.25) is 4.79 Å². The van der Waals surface area contributed by atoms with Gasteiger partial charge in [0, 0.05) is 27.4 Å². The fourth-order valence-electron chi connectivity index (χ4n) is 3.89. The van der Waals surface area contributed by atoms with Crippen LogP contribution in [0.1, 0.15) is 39.7 Å². The molecule has 0 fully saturated rings. The van der Waals surface area contributed by atoms with Crippen molar-refractivity contribution in [2.24, 2.45) is 0 Å². The first-order chi connectivity index (χ1) is 15.0. The van der Waals surface area contributed by atoms with E-state index < -0.39 is 5.92 Å². The van der Waals surface area contributed by atoms with Crippen LogP contribution >= 0.6 is 27.5 Å². The van der Waals surface area contributed by atoms with Crippen LogP contribution in [0.15, 0.2) is 95.5 Å². The summed E-state index contributed by atoms with van der Waals surface area (Å²) in [4.78, 5) is 13.3. The number of hydrogen-bond donors (Lipinski definition) is 0. The van der Waals surface area contributed by atoms with Crippen molar-refractivity contribution in [2.75, 3.05) is 0 Å². The largest absolute Gasteiger partial charge is 0.294 e. The van der Waals surface area contributed by atoms with E-state index in [2.05, 4.69) is 22.0 Å². The van der Waals surface area contributed by atoms with E-state index in [4.69, 9.17) is 11.6 Å². The van der Waals surface area contributed by atoms with Crippen molar-refractivity contribution in [1.82, 2.24) is 0 Å². The van der Waals surface area contributed by atoms with Gasteiger partial charge in [-0.15, -0.1) is 0 Å². The van der Waals surface area contributed by atoms with Crippen LogP contribution in [0.3, 0.4) is 0 Å². The smallest absolute Gasteiger partial charge is 0.163 e. The molecule has 0 saturated heterocycles. The molecule has 0 aliphatic rings. The molecule has 0 aliphatic heterocycles. The standard InChI is InChI=1S/C27H19BrClNO/c28-23-11-7-19(8-12-23)25(26(17-30)20-9-13-24(29)14-10-20)16-27(31)22-6-5-18-3-1-2-4-21(18)15-22/h1-15,25-26H,16H2/t25-,26+/m1/s1. The average molecular weight is 489 g/mol. The highest BCUT2D eigenvalue weighted by atomic mass is 79.9. The molecule has 4 heteroatoms. The molecule has 0 radical (unpaired) electrons. The molecule has 152 valence electrons. The van der Waals surface area contributed by atoms with Gasteiger partial charge in [0.15, 0.2) is 5.78 Å². The summed E-state index contributed by atoms with van der Waals surface area (Å²) in [6.07, 6.45) is 0.237. The summed E-state index contributed by atoms with van der Waals surface area (Å²) in [7, 11) is 0. The molecule has 0 unspecified atom stereocenters. The third-order valence-corrected chi connectivity index (χ3v) is 6.33. The zero-order valence-electron chi connectivity index (χ0n) is 16.6. The van der Waals surface area contributed by atoms with Crippen molar-refractivity contribution < 1.29 is 4.79 Å². The van der Waals surface area contributed by atoms with Gasteiger partial charge in [0.05, 0.1) is 12.0 Å². The second-order valence-electron chi connectivity index (χ2n) is 7.51. The summed E-state index contributed by atoms with van der Waals surface area (Å²) < 4.78 is 0.954. The summed E-state index contributed by atoms with van der Waals surface area (Å²) in [5.41, 5.74) is 2.47. The summed E-state index contributed by atoms with van der Waals surface area (Å²) in [5.74, 6) is -0.728. The SMILES string of the molecule is N#C[C@@H](c1ccc(Cl)cc1)[C@H](CC(=O)c1ccc2ccccc2c1)c1ccc(Br)cc1. The molecule has 4 aromatic rings. The number of fused-ring (bicyclic) bond motifs is 1. The van der Waals surface area contributed by atoms with Crippen molar-refractivity contribution in [3.63, 3.8) is 0 Å². The molecule has 0 bridgehead atoms. The van der Waals surface area contributed by atoms with Gasteiger partial charge >= 0.3 is 0 Å². The second-order valence-corrected chi connectivity index (χ2v) is 8.86. The lowest BCUT2D eigenvalue weighted by atomic mass is 9.78. The van der Waals surface area contributed by atoms with E-state index in [9.17, 15) is 10.1 Å². The van der Waals surface area contributed by atoms with Gasteiger partial charge in [0.25, 0.3) is 0 Å². The minimum Gasteiger partial charge on any atom is -0.294 e. The van der Waals surface area contributed by atoms with Gasteiger partial charge in [-0.2, -0.15) is 5.26 Å². The lowest BCUT2D eigenvalue weighted by molar-refractivity contribution is 0.0972. The Kier molecular flexibility index (Phi) is 6.51. The number of ketones is 1. The van der Waals surface area contributed by atoms with Gasteiger partial charge in [-0.25, -0.2) is 0 Å². The Hall–Kier alpha value is -2.93. The van der Waals surface area contributed by atoms with Crippen LogP contribution in [0.2, 0.25) is 5.02 Å². The number of nitriles is 1. The number of hydrogen-bond acceptors (Lipinski definition) is 2. The second kappa shape index (κ2) is 9.47. The lowest BCUT2D eigenvalue weighted by Gasteiger charge is -2.23. The van der Waals surface area contributed by atoms with Crippen molar-refractivity contribution in [2.45, 2.75) is 18.3 Å². The summed E-state index contributed by atoms with van der Waals surface area (Å²) in [6.45, 7) is 0. The minimum absolute atomic E-state index is 0.0212. The Bertz CT molecular complexity index is 1260. The van der Waals surface area contributed by atoms with Crippen LogP contribution in [-0.4, -0.2) is 5.78 Å². The molecule has 0 amide bonds. The van der Waals surface area contributed by atoms with E-state index in [1.54, 1.807) is 12.1 Å².